The lowest BCUT2D eigenvalue weighted by atomic mass is 10.0. The topological polar surface area (TPSA) is 124 Å². The Morgan fingerprint density at radius 1 is 1.29 bits per heavy atom. The van der Waals surface area contributed by atoms with Gasteiger partial charge >= 0.3 is 6.01 Å². The summed E-state index contributed by atoms with van der Waals surface area (Å²) in [5.41, 5.74) is 4.62. The number of benzene rings is 1. The number of pyridine rings is 1. The van der Waals surface area contributed by atoms with Gasteiger partial charge in [-0.2, -0.15) is 10.2 Å². The molecule has 0 aliphatic carbocycles. The molecule has 9 nitrogen and oxygen atoms in total. The number of oxazole rings is 2. The Morgan fingerprint density at radius 2 is 2.20 bits per heavy atom. The highest BCUT2D eigenvalue weighted by Gasteiger charge is 2.16. The molecule has 35 heavy (non-hydrogen) atoms. The summed E-state index contributed by atoms with van der Waals surface area (Å²) >= 11 is 0. The van der Waals surface area contributed by atoms with E-state index >= 15 is 0 Å². The summed E-state index contributed by atoms with van der Waals surface area (Å²) in [6, 6.07) is 9.16. The number of fused-ring (bicyclic) bond motifs is 1. The number of aryl methyl sites for hydroxylation is 2. The number of aromatic hydroxyl groups is 1. The second kappa shape index (κ2) is 9.99. The number of aromatic nitrogens is 3. The molecule has 9 heteroatoms. The van der Waals surface area contributed by atoms with Crippen LogP contribution < -0.4 is 5.32 Å². The quantitative estimate of drug-likeness (QED) is 0.392. The molecule has 4 heterocycles. The predicted octanol–water partition coefficient (Wildman–Crippen LogP) is 4.79. The van der Waals surface area contributed by atoms with Crippen LogP contribution in [0.15, 0.2) is 57.3 Å². The molecular weight excluding hydrogens is 444 g/mol. The molecule has 1 fully saturated rings. The van der Waals surface area contributed by atoms with Crippen molar-refractivity contribution < 1.29 is 13.9 Å². The number of nitrogens with one attached hydrogen (secondary N) is 1. The zero-order chi connectivity index (χ0) is 24.2. The lowest BCUT2D eigenvalue weighted by Gasteiger charge is -2.28. The van der Waals surface area contributed by atoms with Crippen LogP contribution in [-0.2, 0) is 6.42 Å². The molecule has 4 aromatic rings. The largest absolute Gasteiger partial charge is 0.507 e. The smallest absolute Gasteiger partial charge is 0.301 e. The summed E-state index contributed by atoms with van der Waals surface area (Å²) in [6.07, 6.45) is 9.27. The molecule has 0 amide bonds. The maximum absolute atomic E-state index is 10.4. The molecule has 0 saturated carbocycles. The Morgan fingerprint density at radius 3 is 3.00 bits per heavy atom. The Labute approximate surface area is 202 Å². The summed E-state index contributed by atoms with van der Waals surface area (Å²) < 4.78 is 11.1. The minimum absolute atomic E-state index is 0.0160. The molecule has 3 aromatic heterocycles. The van der Waals surface area contributed by atoms with E-state index in [0.29, 0.717) is 34.1 Å². The highest BCUT2D eigenvalue weighted by atomic mass is 16.4. The minimum atomic E-state index is 0.0160. The van der Waals surface area contributed by atoms with Crippen molar-refractivity contribution in [1.29, 1.82) is 5.26 Å². The predicted molar refractivity (Wildman–Crippen MR) is 131 cm³/mol. The molecule has 0 radical (unpaired) electrons. The average molecular weight is 471 g/mol. The molecule has 1 aliphatic heterocycles. The second-order valence-corrected chi connectivity index (χ2v) is 8.69. The molecule has 0 spiro atoms. The van der Waals surface area contributed by atoms with Gasteiger partial charge in [0.1, 0.15) is 12.0 Å². The van der Waals surface area contributed by atoms with Crippen molar-refractivity contribution in [1.82, 2.24) is 19.9 Å². The summed E-state index contributed by atoms with van der Waals surface area (Å²) in [4.78, 5) is 15.7. The number of anilines is 1. The van der Waals surface area contributed by atoms with Crippen LogP contribution in [0.5, 0.6) is 5.75 Å². The third-order valence-electron chi connectivity index (χ3n) is 6.10. The van der Waals surface area contributed by atoms with Gasteiger partial charge in [0.05, 0.1) is 23.5 Å². The highest BCUT2D eigenvalue weighted by molar-refractivity contribution is 5.78. The molecule has 0 atom stereocenters. The number of piperidine rings is 1. The number of rotatable bonds is 7. The van der Waals surface area contributed by atoms with Crippen molar-refractivity contribution in [3.8, 4) is 23.1 Å². The first-order valence-corrected chi connectivity index (χ1v) is 11.7. The van der Waals surface area contributed by atoms with Gasteiger partial charge in [-0.25, -0.2) is 9.97 Å². The molecule has 0 unspecified atom stereocenters. The fourth-order valence-electron chi connectivity index (χ4n) is 4.46. The summed E-state index contributed by atoms with van der Waals surface area (Å²) in [5.74, 6) is 0.805. The van der Waals surface area contributed by atoms with Crippen LogP contribution in [-0.4, -0.2) is 44.6 Å². The van der Waals surface area contributed by atoms with Crippen LogP contribution >= 0.6 is 0 Å². The van der Waals surface area contributed by atoms with Crippen molar-refractivity contribution in [2.75, 3.05) is 25.0 Å². The van der Waals surface area contributed by atoms with E-state index in [9.17, 15) is 5.11 Å². The van der Waals surface area contributed by atoms with Crippen LogP contribution in [0.4, 0.5) is 6.01 Å². The number of nitrogens with zero attached hydrogens (tertiary/aromatic N) is 5. The average Bonchev–Trinajstić information content (AvgIpc) is 3.52. The highest BCUT2D eigenvalue weighted by Crippen LogP contribution is 2.33. The zero-order valence-corrected chi connectivity index (χ0v) is 19.5. The van der Waals surface area contributed by atoms with Gasteiger partial charge < -0.3 is 19.3 Å². The lowest BCUT2D eigenvalue weighted by molar-refractivity contribution is 0.260. The van der Waals surface area contributed by atoms with Crippen molar-refractivity contribution in [3.05, 3.63) is 65.5 Å². The first kappa shape index (κ1) is 22.6. The summed E-state index contributed by atoms with van der Waals surface area (Å²) in [6.45, 7) is 4.82. The molecule has 1 saturated heterocycles. The number of nitriles is 1. The number of phenols is 1. The van der Waals surface area contributed by atoms with Crippen LogP contribution in [0.1, 0.15) is 36.3 Å². The van der Waals surface area contributed by atoms with Crippen molar-refractivity contribution >= 4 is 17.2 Å². The third-order valence-corrected chi connectivity index (χ3v) is 6.10. The molecule has 5 rings (SSSR count). The lowest BCUT2D eigenvalue weighted by Crippen LogP contribution is -2.32. The Bertz CT molecular complexity index is 1380. The molecular formula is C26H26N6O3. The standard InChI is InChI=1S/C26H26N6O3/c1-17-12-19(14-27)13-21(33)24(17)20-6-7-22-25(30-20)31-26(35-22)29-15-18-4-2-9-32(16-18)10-3-5-23-28-8-11-34-23/h6-8,11-13,15,33H,2-5,9-10,16H2,1H3,(H,29,30,31). The number of likely N-dealkylation sites (tertiary alicyclic amines) is 1. The van der Waals surface area contributed by atoms with E-state index in [1.54, 1.807) is 30.7 Å². The van der Waals surface area contributed by atoms with Gasteiger partial charge in [0.15, 0.2) is 11.5 Å². The maximum Gasteiger partial charge on any atom is 0.301 e. The van der Waals surface area contributed by atoms with Gasteiger partial charge in [0.25, 0.3) is 0 Å². The van der Waals surface area contributed by atoms with Gasteiger partial charge in [0.2, 0.25) is 5.65 Å². The van der Waals surface area contributed by atoms with E-state index in [4.69, 9.17) is 14.1 Å². The first-order valence-electron chi connectivity index (χ1n) is 11.7. The van der Waals surface area contributed by atoms with Gasteiger partial charge in [-0.15, -0.1) is 0 Å². The SMILES string of the molecule is Cc1cc(C#N)cc(O)c1-c1ccc2oc(NC=C3CCCN(CCCc4ncco4)C3)nc2n1. The van der Waals surface area contributed by atoms with Crippen molar-refractivity contribution in [2.24, 2.45) is 0 Å². The maximum atomic E-state index is 10.4. The van der Waals surface area contributed by atoms with Crippen LogP contribution in [0, 0.1) is 18.3 Å². The van der Waals surface area contributed by atoms with Gasteiger partial charge in [-0.1, -0.05) is 0 Å². The number of phenolic OH excluding ortho intramolecular Hbond substituents is 1. The Hall–Kier alpha value is -4.16. The third kappa shape index (κ3) is 5.18. The Balaban J connectivity index is 1.25. The van der Waals surface area contributed by atoms with Gasteiger partial charge in [0, 0.05) is 24.7 Å². The molecule has 2 N–H and O–H groups in total. The molecule has 178 valence electrons. The van der Waals surface area contributed by atoms with Crippen molar-refractivity contribution in [2.45, 2.75) is 32.6 Å². The molecule has 1 aliphatic rings. The van der Waals surface area contributed by atoms with Crippen LogP contribution in [0.25, 0.3) is 22.5 Å². The van der Waals surface area contributed by atoms with E-state index in [2.05, 4.69) is 25.2 Å². The molecule has 1 aromatic carbocycles. The van der Waals surface area contributed by atoms with Gasteiger partial charge in [-0.05, 0) is 74.7 Å². The summed E-state index contributed by atoms with van der Waals surface area (Å²) in [5, 5.41) is 22.7. The first-order chi connectivity index (χ1) is 17.1. The fraction of sp³-hybridized carbons (Fsp3) is 0.308. The van der Waals surface area contributed by atoms with E-state index in [1.807, 2.05) is 19.2 Å². The van der Waals surface area contributed by atoms with Crippen LogP contribution in [0.2, 0.25) is 0 Å². The fourth-order valence-corrected chi connectivity index (χ4v) is 4.46. The minimum Gasteiger partial charge on any atom is -0.507 e. The van der Waals surface area contributed by atoms with Gasteiger partial charge in [-0.3, -0.25) is 4.90 Å². The summed E-state index contributed by atoms with van der Waals surface area (Å²) in [7, 11) is 0. The van der Waals surface area contributed by atoms with E-state index in [0.717, 1.165) is 56.8 Å². The van der Waals surface area contributed by atoms with E-state index in [1.165, 1.54) is 11.6 Å². The zero-order valence-electron chi connectivity index (χ0n) is 19.5. The monoisotopic (exact) mass is 470 g/mol. The second-order valence-electron chi connectivity index (χ2n) is 8.69. The van der Waals surface area contributed by atoms with E-state index < -0.39 is 0 Å². The Kier molecular flexibility index (Phi) is 6.46. The molecule has 0 bridgehead atoms. The number of hydrogen-bond donors (Lipinski definition) is 2. The normalized spacial score (nSPS) is 15.5. The van der Waals surface area contributed by atoms with Crippen molar-refractivity contribution in [3.63, 3.8) is 0 Å². The van der Waals surface area contributed by atoms with Crippen LogP contribution in [0.3, 0.4) is 0 Å². The number of hydrogen-bond acceptors (Lipinski definition) is 9. The van der Waals surface area contributed by atoms with E-state index in [-0.39, 0.29) is 5.75 Å².